The van der Waals surface area contributed by atoms with Crippen LogP contribution < -0.4 is 0 Å². The lowest BCUT2D eigenvalue weighted by Crippen LogP contribution is -2.51. The highest BCUT2D eigenvalue weighted by Crippen LogP contribution is 2.49. The molecule has 3 unspecified atom stereocenters. The van der Waals surface area contributed by atoms with Gasteiger partial charge in [-0.1, -0.05) is 6.42 Å². The van der Waals surface area contributed by atoms with Crippen molar-refractivity contribution in [2.24, 2.45) is 23.7 Å². The predicted octanol–water partition coefficient (Wildman–Crippen LogP) is 1.26. The van der Waals surface area contributed by atoms with Gasteiger partial charge >= 0.3 is 0 Å². The molecule has 1 N–H and O–H groups in total. The second-order valence-corrected chi connectivity index (χ2v) is 5.99. The molecule has 2 bridgehead atoms. The lowest BCUT2D eigenvalue weighted by atomic mass is 9.85. The van der Waals surface area contributed by atoms with Crippen LogP contribution in [-0.4, -0.2) is 35.6 Å². The molecule has 0 spiro atoms. The highest BCUT2D eigenvalue weighted by molar-refractivity contribution is 5.77. The monoisotopic (exact) mass is 223 g/mol. The van der Waals surface area contributed by atoms with Crippen LogP contribution in [-0.2, 0) is 4.79 Å². The van der Waals surface area contributed by atoms with E-state index < -0.39 is 0 Å². The van der Waals surface area contributed by atoms with E-state index in [1.807, 2.05) is 4.90 Å². The quantitative estimate of drug-likeness (QED) is 0.782. The van der Waals surface area contributed by atoms with E-state index in [-0.39, 0.29) is 6.61 Å². The summed E-state index contributed by atoms with van der Waals surface area (Å²) in [6.45, 7) is 1.81. The lowest BCUT2D eigenvalue weighted by molar-refractivity contribution is -0.139. The van der Waals surface area contributed by atoms with Crippen molar-refractivity contribution >= 4 is 5.91 Å². The van der Waals surface area contributed by atoms with Crippen LogP contribution in [0.2, 0.25) is 0 Å². The number of carbonyl (C=O) groups excluding carboxylic acids is 1. The number of nitrogens with zero attached hydrogens (tertiary/aromatic N) is 1. The maximum atomic E-state index is 12.0. The number of hydrogen-bond donors (Lipinski definition) is 1. The molecule has 3 nitrogen and oxygen atoms in total. The number of hydrogen-bond acceptors (Lipinski definition) is 2. The van der Waals surface area contributed by atoms with Gasteiger partial charge in [0, 0.05) is 32.0 Å². The van der Waals surface area contributed by atoms with Gasteiger partial charge in [0.05, 0.1) is 0 Å². The van der Waals surface area contributed by atoms with E-state index in [1.54, 1.807) is 0 Å². The normalized spacial score (nSPS) is 37.8. The van der Waals surface area contributed by atoms with Crippen molar-refractivity contribution < 1.29 is 9.90 Å². The Labute approximate surface area is 96.8 Å². The summed E-state index contributed by atoms with van der Waals surface area (Å²) in [4.78, 5) is 13.9. The average Bonchev–Trinajstić information content (AvgIpc) is 2.77. The number of aliphatic hydroxyl groups excluding tert-OH is 1. The minimum absolute atomic E-state index is 0.234. The predicted molar refractivity (Wildman–Crippen MR) is 60.7 cm³/mol. The van der Waals surface area contributed by atoms with E-state index >= 15 is 0 Å². The lowest BCUT2D eigenvalue weighted by Gasteiger charge is -2.39. The fourth-order valence-electron chi connectivity index (χ4n) is 3.87. The molecule has 3 fully saturated rings. The Morgan fingerprint density at radius 1 is 1.25 bits per heavy atom. The zero-order valence-electron chi connectivity index (χ0n) is 9.77. The molecular weight excluding hydrogens is 202 g/mol. The molecular formula is C13H21NO2. The molecule has 3 atom stereocenters. The first-order valence-corrected chi connectivity index (χ1v) is 6.65. The van der Waals surface area contributed by atoms with Gasteiger partial charge in [-0.25, -0.2) is 0 Å². The molecule has 3 aliphatic rings. The smallest absolute Gasteiger partial charge is 0.222 e. The minimum Gasteiger partial charge on any atom is -0.396 e. The van der Waals surface area contributed by atoms with Gasteiger partial charge in [0.1, 0.15) is 0 Å². The number of amides is 1. The first-order chi connectivity index (χ1) is 7.76. The van der Waals surface area contributed by atoms with Crippen LogP contribution in [0.5, 0.6) is 0 Å². The van der Waals surface area contributed by atoms with Crippen molar-refractivity contribution in [1.29, 1.82) is 0 Å². The van der Waals surface area contributed by atoms with Gasteiger partial charge in [-0.2, -0.15) is 0 Å². The number of likely N-dealkylation sites (tertiary alicyclic amines) is 1. The zero-order chi connectivity index (χ0) is 11.1. The van der Waals surface area contributed by atoms with Gasteiger partial charge < -0.3 is 10.0 Å². The Morgan fingerprint density at radius 3 is 2.62 bits per heavy atom. The summed E-state index contributed by atoms with van der Waals surface area (Å²) < 4.78 is 0. The first kappa shape index (κ1) is 10.6. The Bertz CT molecular complexity index is 286. The van der Waals surface area contributed by atoms with Crippen molar-refractivity contribution in [2.75, 3.05) is 19.7 Å². The molecule has 16 heavy (non-hydrogen) atoms. The van der Waals surface area contributed by atoms with Crippen LogP contribution >= 0.6 is 0 Å². The van der Waals surface area contributed by atoms with E-state index in [0.29, 0.717) is 17.7 Å². The van der Waals surface area contributed by atoms with Gasteiger partial charge in [-0.3, -0.25) is 4.79 Å². The van der Waals surface area contributed by atoms with Crippen LogP contribution in [0.25, 0.3) is 0 Å². The molecule has 90 valence electrons. The van der Waals surface area contributed by atoms with E-state index in [1.165, 1.54) is 25.7 Å². The number of carbonyl (C=O) groups is 1. The molecule has 1 amide bonds. The Balaban J connectivity index is 1.47. The van der Waals surface area contributed by atoms with E-state index in [4.69, 9.17) is 5.11 Å². The summed E-state index contributed by atoms with van der Waals surface area (Å²) in [5.74, 6) is 3.15. The largest absolute Gasteiger partial charge is 0.396 e. The van der Waals surface area contributed by atoms with Crippen molar-refractivity contribution in [2.45, 2.75) is 32.1 Å². The maximum absolute atomic E-state index is 12.0. The molecule has 2 aliphatic carbocycles. The Kier molecular flexibility index (Phi) is 2.66. The van der Waals surface area contributed by atoms with Crippen LogP contribution in [0.1, 0.15) is 32.1 Å². The van der Waals surface area contributed by atoms with Crippen molar-refractivity contribution in [3.05, 3.63) is 0 Å². The van der Waals surface area contributed by atoms with Crippen LogP contribution in [0.15, 0.2) is 0 Å². The third-order valence-electron chi connectivity index (χ3n) is 4.89. The van der Waals surface area contributed by atoms with E-state index in [2.05, 4.69) is 0 Å². The topological polar surface area (TPSA) is 40.5 Å². The van der Waals surface area contributed by atoms with Crippen LogP contribution in [0.4, 0.5) is 0 Å². The Hall–Kier alpha value is -0.570. The van der Waals surface area contributed by atoms with Crippen molar-refractivity contribution in [3.63, 3.8) is 0 Å². The summed E-state index contributed by atoms with van der Waals surface area (Å²) in [6, 6.07) is 0. The number of fused-ring (bicyclic) bond motifs is 2. The second-order valence-electron chi connectivity index (χ2n) is 5.99. The highest BCUT2D eigenvalue weighted by atomic mass is 16.3. The summed E-state index contributed by atoms with van der Waals surface area (Å²) in [5.41, 5.74) is 0. The van der Waals surface area contributed by atoms with Gasteiger partial charge in [-0.15, -0.1) is 0 Å². The van der Waals surface area contributed by atoms with Crippen molar-refractivity contribution in [3.8, 4) is 0 Å². The van der Waals surface area contributed by atoms with E-state index in [9.17, 15) is 4.79 Å². The minimum atomic E-state index is 0.234. The van der Waals surface area contributed by atoms with Crippen LogP contribution in [0.3, 0.4) is 0 Å². The fraction of sp³-hybridized carbons (Fsp3) is 0.923. The molecule has 0 aromatic heterocycles. The molecule has 3 heteroatoms. The molecule has 1 aliphatic heterocycles. The molecule has 0 radical (unpaired) electrons. The summed E-state index contributed by atoms with van der Waals surface area (Å²) in [5, 5.41) is 8.92. The molecule has 3 rings (SSSR count). The van der Waals surface area contributed by atoms with E-state index in [0.717, 1.165) is 31.3 Å². The second kappa shape index (κ2) is 4.02. The highest BCUT2D eigenvalue weighted by Gasteiger charge is 2.41. The molecule has 1 saturated heterocycles. The maximum Gasteiger partial charge on any atom is 0.222 e. The molecule has 0 aromatic rings. The Morgan fingerprint density at radius 2 is 2.06 bits per heavy atom. The summed E-state index contributed by atoms with van der Waals surface area (Å²) in [7, 11) is 0. The third-order valence-corrected chi connectivity index (χ3v) is 4.89. The standard InChI is InChI=1S/C13H21NO2/c15-8-10-6-14(7-10)13(16)5-12-4-9-1-2-11(12)3-9/h9-12,15H,1-8H2. The van der Waals surface area contributed by atoms with Gasteiger partial charge in [0.2, 0.25) is 5.91 Å². The first-order valence-electron chi connectivity index (χ1n) is 6.65. The molecule has 0 aromatic carbocycles. The fourth-order valence-corrected chi connectivity index (χ4v) is 3.87. The number of rotatable bonds is 3. The van der Waals surface area contributed by atoms with Gasteiger partial charge in [-0.05, 0) is 37.0 Å². The average molecular weight is 223 g/mol. The van der Waals surface area contributed by atoms with Crippen LogP contribution in [0, 0.1) is 23.7 Å². The zero-order valence-corrected chi connectivity index (χ0v) is 9.77. The third kappa shape index (κ3) is 1.75. The summed E-state index contributed by atoms with van der Waals surface area (Å²) >= 11 is 0. The summed E-state index contributed by atoms with van der Waals surface area (Å²) in [6.07, 6.45) is 6.23. The molecule has 1 heterocycles. The number of aliphatic hydroxyl groups is 1. The van der Waals surface area contributed by atoms with Gasteiger partial charge in [0.15, 0.2) is 0 Å². The SMILES string of the molecule is O=C(CC1CC2CCC1C2)N1CC(CO)C1. The van der Waals surface area contributed by atoms with Gasteiger partial charge in [0.25, 0.3) is 0 Å². The molecule has 2 saturated carbocycles. The van der Waals surface area contributed by atoms with Crippen molar-refractivity contribution in [1.82, 2.24) is 4.90 Å².